The van der Waals surface area contributed by atoms with Crippen molar-refractivity contribution in [2.24, 2.45) is 0 Å². The molecule has 6 heteroatoms. The molecule has 0 bridgehead atoms. The van der Waals surface area contributed by atoms with Gasteiger partial charge in [0.2, 0.25) is 0 Å². The number of rotatable bonds is 3. The van der Waals surface area contributed by atoms with E-state index in [9.17, 15) is 4.79 Å². The number of methoxy groups -OCH3 is 1. The van der Waals surface area contributed by atoms with Crippen molar-refractivity contribution < 1.29 is 9.53 Å². The molecule has 0 amide bonds. The third-order valence-corrected chi connectivity index (χ3v) is 3.85. The highest BCUT2D eigenvalue weighted by Crippen LogP contribution is 2.25. The van der Waals surface area contributed by atoms with Gasteiger partial charge >= 0.3 is 5.97 Å². The molecule has 0 aliphatic heterocycles. The number of esters is 1. The van der Waals surface area contributed by atoms with Crippen molar-refractivity contribution in [3.05, 3.63) is 60.0 Å². The standard InChI is InChI=1S/C17H15N3O2S/c1-11-5-6-12(16(21)22-2)8-15(11)20-10-14(19-17(20)23)13-4-3-7-18-9-13/h3-10H,1-2H3,(H,19,23). The van der Waals surface area contributed by atoms with Crippen LogP contribution in [0, 0.1) is 6.92 Å². The molecule has 1 aromatic carbocycles. The first-order chi connectivity index (χ1) is 11.1. The summed E-state index contributed by atoms with van der Waals surface area (Å²) in [6, 6.07) is 9.18. The van der Waals surface area contributed by atoms with Crippen molar-refractivity contribution in [2.45, 2.75) is 12.1 Å². The van der Waals surface area contributed by atoms with Crippen molar-refractivity contribution in [3.63, 3.8) is 0 Å². The maximum atomic E-state index is 11.7. The monoisotopic (exact) mass is 325 g/mol. The van der Waals surface area contributed by atoms with Crippen molar-refractivity contribution >= 4 is 18.6 Å². The lowest BCUT2D eigenvalue weighted by atomic mass is 10.1. The minimum Gasteiger partial charge on any atom is -0.465 e. The van der Waals surface area contributed by atoms with Crippen LogP contribution in [0.25, 0.3) is 16.9 Å². The molecule has 0 saturated carbocycles. The van der Waals surface area contributed by atoms with Gasteiger partial charge in [0, 0.05) is 24.2 Å². The Hall–Kier alpha value is -2.60. The summed E-state index contributed by atoms with van der Waals surface area (Å²) < 4.78 is 6.62. The van der Waals surface area contributed by atoms with E-state index in [4.69, 9.17) is 4.74 Å². The lowest BCUT2D eigenvalue weighted by Gasteiger charge is -2.10. The van der Waals surface area contributed by atoms with Gasteiger partial charge in [-0.2, -0.15) is 0 Å². The first kappa shape index (κ1) is 15.3. The first-order valence-electron chi connectivity index (χ1n) is 6.98. The fourth-order valence-electron chi connectivity index (χ4n) is 2.31. The number of carbonyl (C=O) groups excluding carboxylic acids is 1. The van der Waals surface area contributed by atoms with E-state index in [1.807, 2.05) is 35.9 Å². The number of imidazole rings is 1. The summed E-state index contributed by atoms with van der Waals surface area (Å²) in [5, 5.41) is 0.536. The van der Waals surface area contributed by atoms with E-state index in [-0.39, 0.29) is 5.97 Å². The Morgan fingerprint density at radius 2 is 2.13 bits per heavy atom. The number of pyridine rings is 1. The SMILES string of the molecule is COC(=O)c1ccc(C)c(-n2cc(-c3cccnc3)nc2S)c1. The predicted octanol–water partition coefficient (Wildman–Crippen LogP) is 3.32. The Morgan fingerprint density at radius 1 is 1.30 bits per heavy atom. The Labute approximate surface area is 139 Å². The summed E-state index contributed by atoms with van der Waals surface area (Å²) in [5.41, 5.74) is 4.00. The van der Waals surface area contributed by atoms with Crippen LogP contribution in [-0.2, 0) is 4.74 Å². The second-order valence-electron chi connectivity index (χ2n) is 5.03. The molecule has 116 valence electrons. The average Bonchev–Trinajstić information content (AvgIpc) is 2.97. The molecule has 0 fully saturated rings. The van der Waals surface area contributed by atoms with Gasteiger partial charge in [-0.1, -0.05) is 6.07 Å². The van der Waals surface area contributed by atoms with Crippen molar-refractivity contribution in [1.29, 1.82) is 0 Å². The van der Waals surface area contributed by atoms with Crippen LogP contribution in [0.5, 0.6) is 0 Å². The van der Waals surface area contributed by atoms with Crippen LogP contribution in [0.4, 0.5) is 0 Å². The molecule has 2 aromatic heterocycles. The number of aromatic nitrogens is 3. The van der Waals surface area contributed by atoms with E-state index in [1.54, 1.807) is 24.5 Å². The van der Waals surface area contributed by atoms with E-state index in [1.165, 1.54) is 7.11 Å². The van der Waals surface area contributed by atoms with E-state index >= 15 is 0 Å². The molecule has 23 heavy (non-hydrogen) atoms. The van der Waals surface area contributed by atoms with E-state index in [0.29, 0.717) is 10.7 Å². The lowest BCUT2D eigenvalue weighted by molar-refractivity contribution is 0.0600. The molecule has 0 aliphatic carbocycles. The number of thiol groups is 1. The zero-order valence-corrected chi connectivity index (χ0v) is 13.6. The molecule has 0 spiro atoms. The molecule has 2 heterocycles. The van der Waals surface area contributed by atoms with Crippen LogP contribution >= 0.6 is 12.6 Å². The highest BCUT2D eigenvalue weighted by atomic mass is 32.1. The Balaban J connectivity index is 2.09. The Morgan fingerprint density at radius 3 is 2.83 bits per heavy atom. The zero-order chi connectivity index (χ0) is 16.4. The van der Waals surface area contributed by atoms with Crippen LogP contribution < -0.4 is 0 Å². The molecule has 0 N–H and O–H groups in total. The number of hydrogen-bond donors (Lipinski definition) is 1. The molecule has 0 atom stereocenters. The summed E-state index contributed by atoms with van der Waals surface area (Å²) in [7, 11) is 1.36. The zero-order valence-electron chi connectivity index (χ0n) is 12.7. The minimum atomic E-state index is -0.375. The number of hydrogen-bond acceptors (Lipinski definition) is 5. The summed E-state index contributed by atoms with van der Waals surface area (Å²) in [6.45, 7) is 1.97. The van der Waals surface area contributed by atoms with Gasteiger partial charge in [0.25, 0.3) is 0 Å². The Bertz CT molecular complexity index is 860. The molecule has 0 aliphatic rings. The van der Waals surface area contributed by atoms with Gasteiger partial charge < -0.3 is 4.74 Å². The van der Waals surface area contributed by atoms with Gasteiger partial charge in [-0.15, -0.1) is 12.6 Å². The van der Waals surface area contributed by atoms with Gasteiger partial charge in [-0.05, 0) is 36.8 Å². The lowest BCUT2D eigenvalue weighted by Crippen LogP contribution is -2.04. The Kier molecular flexibility index (Phi) is 4.16. The normalized spacial score (nSPS) is 10.6. The third-order valence-electron chi connectivity index (χ3n) is 3.53. The predicted molar refractivity (Wildman–Crippen MR) is 90.1 cm³/mol. The molecule has 5 nitrogen and oxygen atoms in total. The second-order valence-corrected chi connectivity index (χ2v) is 5.43. The van der Waals surface area contributed by atoms with Gasteiger partial charge in [0.15, 0.2) is 5.16 Å². The highest BCUT2D eigenvalue weighted by molar-refractivity contribution is 7.80. The van der Waals surface area contributed by atoms with Crippen LogP contribution in [0.3, 0.4) is 0 Å². The number of benzene rings is 1. The number of aryl methyl sites for hydroxylation is 1. The van der Waals surface area contributed by atoms with E-state index in [2.05, 4.69) is 22.6 Å². The highest BCUT2D eigenvalue weighted by Gasteiger charge is 2.13. The molecular formula is C17H15N3O2S. The van der Waals surface area contributed by atoms with Crippen molar-refractivity contribution in [1.82, 2.24) is 14.5 Å². The number of nitrogens with zero attached hydrogens (tertiary/aromatic N) is 3. The minimum absolute atomic E-state index is 0.375. The summed E-state index contributed by atoms with van der Waals surface area (Å²) >= 11 is 4.45. The summed E-state index contributed by atoms with van der Waals surface area (Å²) in [4.78, 5) is 20.3. The molecule has 0 unspecified atom stereocenters. The maximum Gasteiger partial charge on any atom is 0.337 e. The smallest absolute Gasteiger partial charge is 0.337 e. The second kappa shape index (κ2) is 6.26. The fraction of sp³-hybridized carbons (Fsp3) is 0.118. The molecule has 3 aromatic rings. The summed E-state index contributed by atoms with van der Waals surface area (Å²) in [6.07, 6.45) is 5.34. The van der Waals surface area contributed by atoms with Gasteiger partial charge in [0.05, 0.1) is 24.1 Å². The number of carbonyl (C=O) groups is 1. The molecule has 0 saturated heterocycles. The largest absolute Gasteiger partial charge is 0.465 e. The fourth-order valence-corrected chi connectivity index (χ4v) is 2.59. The van der Waals surface area contributed by atoms with Crippen LogP contribution in [-0.4, -0.2) is 27.6 Å². The number of ether oxygens (including phenoxy) is 1. The average molecular weight is 325 g/mol. The molecule has 0 radical (unpaired) electrons. The maximum absolute atomic E-state index is 11.7. The van der Waals surface area contributed by atoms with Crippen molar-refractivity contribution in [3.8, 4) is 16.9 Å². The van der Waals surface area contributed by atoms with Gasteiger partial charge in [-0.25, -0.2) is 9.78 Å². The molecule has 3 rings (SSSR count). The van der Waals surface area contributed by atoms with E-state index in [0.717, 1.165) is 22.5 Å². The van der Waals surface area contributed by atoms with Crippen LogP contribution in [0.2, 0.25) is 0 Å². The van der Waals surface area contributed by atoms with Gasteiger partial charge in [-0.3, -0.25) is 9.55 Å². The topological polar surface area (TPSA) is 57.0 Å². The molecular weight excluding hydrogens is 310 g/mol. The first-order valence-corrected chi connectivity index (χ1v) is 7.43. The van der Waals surface area contributed by atoms with Gasteiger partial charge in [0.1, 0.15) is 0 Å². The van der Waals surface area contributed by atoms with Crippen molar-refractivity contribution in [2.75, 3.05) is 7.11 Å². The summed E-state index contributed by atoms with van der Waals surface area (Å²) in [5.74, 6) is -0.375. The van der Waals surface area contributed by atoms with Crippen LogP contribution in [0.15, 0.2) is 54.1 Å². The van der Waals surface area contributed by atoms with E-state index < -0.39 is 0 Å². The van der Waals surface area contributed by atoms with Crippen LogP contribution in [0.1, 0.15) is 15.9 Å². The quantitative estimate of drug-likeness (QED) is 0.593. The third kappa shape index (κ3) is 2.98.